The van der Waals surface area contributed by atoms with Gasteiger partial charge in [0.25, 0.3) is 0 Å². The van der Waals surface area contributed by atoms with Crippen molar-refractivity contribution >= 4 is 11.8 Å². The van der Waals surface area contributed by atoms with Crippen LogP contribution in [0.3, 0.4) is 0 Å². The zero-order chi connectivity index (χ0) is 19.9. The Morgan fingerprint density at radius 3 is 2.46 bits per heavy atom. The van der Waals surface area contributed by atoms with Gasteiger partial charge >= 0.3 is 0 Å². The van der Waals surface area contributed by atoms with Crippen LogP contribution in [0.1, 0.15) is 17.7 Å². The number of aromatic nitrogens is 1. The molecule has 2 unspecified atom stereocenters. The Balaban J connectivity index is 1.39. The standard InChI is InChI=1S/C21H25N3O4/c1-27-18-7-6-14(11-19(18)28-2)8-10-23-20(25)16-12-17(16)21(26)24-13-15-5-3-4-9-22-15/h3-7,9,11,16-17H,8,10,12-13H2,1-2H3,(H,23,25)(H,24,26). The second kappa shape index (κ2) is 9.21. The zero-order valence-electron chi connectivity index (χ0n) is 16.1. The Morgan fingerprint density at radius 2 is 1.79 bits per heavy atom. The predicted molar refractivity (Wildman–Crippen MR) is 104 cm³/mol. The van der Waals surface area contributed by atoms with Gasteiger partial charge in [-0.05, 0) is 42.7 Å². The molecule has 3 rings (SSSR count). The van der Waals surface area contributed by atoms with E-state index in [0.717, 1.165) is 11.3 Å². The van der Waals surface area contributed by atoms with Gasteiger partial charge in [-0.3, -0.25) is 14.6 Å². The number of carbonyl (C=O) groups is 2. The highest BCUT2D eigenvalue weighted by atomic mass is 16.5. The van der Waals surface area contributed by atoms with E-state index in [0.29, 0.717) is 37.4 Å². The van der Waals surface area contributed by atoms with Crippen molar-refractivity contribution in [2.75, 3.05) is 20.8 Å². The van der Waals surface area contributed by atoms with Crippen molar-refractivity contribution < 1.29 is 19.1 Å². The predicted octanol–water partition coefficient (Wildman–Crippen LogP) is 1.71. The summed E-state index contributed by atoms with van der Waals surface area (Å²) >= 11 is 0. The summed E-state index contributed by atoms with van der Waals surface area (Å²) in [6.45, 7) is 0.886. The second-order valence-corrected chi connectivity index (χ2v) is 6.72. The van der Waals surface area contributed by atoms with Crippen LogP contribution in [0.25, 0.3) is 0 Å². The van der Waals surface area contributed by atoms with Crippen LogP contribution in [-0.2, 0) is 22.6 Å². The van der Waals surface area contributed by atoms with Gasteiger partial charge < -0.3 is 20.1 Å². The quantitative estimate of drug-likeness (QED) is 0.688. The fraction of sp³-hybridized carbons (Fsp3) is 0.381. The van der Waals surface area contributed by atoms with Gasteiger partial charge in [0.15, 0.2) is 11.5 Å². The molecule has 7 nitrogen and oxygen atoms in total. The molecule has 2 N–H and O–H groups in total. The van der Waals surface area contributed by atoms with Crippen molar-refractivity contribution in [3.63, 3.8) is 0 Å². The number of rotatable bonds is 9. The summed E-state index contributed by atoms with van der Waals surface area (Å²) < 4.78 is 10.5. The molecule has 0 bridgehead atoms. The molecular weight excluding hydrogens is 358 g/mol. The van der Waals surface area contributed by atoms with E-state index in [1.54, 1.807) is 20.4 Å². The minimum atomic E-state index is -0.246. The molecule has 7 heteroatoms. The van der Waals surface area contributed by atoms with Gasteiger partial charge in [-0.1, -0.05) is 12.1 Å². The molecule has 1 fully saturated rings. The number of carbonyl (C=O) groups excluding carboxylic acids is 2. The third kappa shape index (κ3) is 5.00. The number of amides is 2. The van der Waals surface area contributed by atoms with E-state index in [1.807, 2.05) is 36.4 Å². The fourth-order valence-corrected chi connectivity index (χ4v) is 3.08. The van der Waals surface area contributed by atoms with Crippen LogP contribution in [-0.4, -0.2) is 37.6 Å². The molecule has 1 aliphatic rings. The van der Waals surface area contributed by atoms with Gasteiger partial charge in [-0.2, -0.15) is 0 Å². The molecule has 0 spiro atoms. The zero-order valence-corrected chi connectivity index (χ0v) is 16.1. The second-order valence-electron chi connectivity index (χ2n) is 6.72. The summed E-state index contributed by atoms with van der Waals surface area (Å²) in [6.07, 6.45) is 2.96. The van der Waals surface area contributed by atoms with Crippen molar-refractivity contribution in [3.05, 3.63) is 53.9 Å². The number of hydrogen-bond acceptors (Lipinski definition) is 5. The molecule has 2 amide bonds. The summed E-state index contributed by atoms with van der Waals surface area (Å²) in [5, 5.41) is 5.76. The topological polar surface area (TPSA) is 89.5 Å². The maximum atomic E-state index is 12.3. The van der Waals surface area contributed by atoms with Gasteiger partial charge in [-0.15, -0.1) is 0 Å². The smallest absolute Gasteiger partial charge is 0.224 e. The first-order valence-corrected chi connectivity index (χ1v) is 9.28. The van der Waals surface area contributed by atoms with Crippen molar-refractivity contribution in [1.82, 2.24) is 15.6 Å². The van der Waals surface area contributed by atoms with Crippen LogP contribution >= 0.6 is 0 Å². The number of pyridine rings is 1. The first-order valence-electron chi connectivity index (χ1n) is 9.28. The summed E-state index contributed by atoms with van der Waals surface area (Å²) in [5.74, 6) is 0.689. The monoisotopic (exact) mass is 383 g/mol. The Labute approximate surface area is 164 Å². The van der Waals surface area contributed by atoms with Crippen LogP contribution in [0.5, 0.6) is 11.5 Å². The van der Waals surface area contributed by atoms with Gasteiger partial charge in [-0.25, -0.2) is 0 Å². The Bertz CT molecular complexity index is 826. The number of ether oxygens (including phenoxy) is 2. The van der Waals surface area contributed by atoms with Gasteiger partial charge in [0.05, 0.1) is 38.3 Å². The van der Waals surface area contributed by atoms with E-state index in [-0.39, 0.29) is 23.7 Å². The van der Waals surface area contributed by atoms with Crippen molar-refractivity contribution in [3.8, 4) is 11.5 Å². The lowest BCUT2D eigenvalue weighted by molar-refractivity contribution is -0.127. The highest BCUT2D eigenvalue weighted by molar-refractivity contribution is 5.92. The van der Waals surface area contributed by atoms with Crippen molar-refractivity contribution in [2.24, 2.45) is 11.8 Å². The highest BCUT2D eigenvalue weighted by Gasteiger charge is 2.47. The largest absolute Gasteiger partial charge is 0.493 e. The molecule has 28 heavy (non-hydrogen) atoms. The van der Waals surface area contributed by atoms with E-state index in [2.05, 4.69) is 15.6 Å². The first-order chi connectivity index (χ1) is 13.6. The Morgan fingerprint density at radius 1 is 1.04 bits per heavy atom. The molecule has 2 aromatic rings. The van der Waals surface area contributed by atoms with Crippen molar-refractivity contribution in [1.29, 1.82) is 0 Å². The Hall–Kier alpha value is -3.09. The summed E-state index contributed by atoms with van der Waals surface area (Å²) in [5.41, 5.74) is 1.84. The molecule has 1 aliphatic carbocycles. The first kappa shape index (κ1) is 19.7. The van der Waals surface area contributed by atoms with Crippen LogP contribution in [0.2, 0.25) is 0 Å². The maximum absolute atomic E-state index is 12.3. The highest BCUT2D eigenvalue weighted by Crippen LogP contribution is 2.38. The van der Waals surface area contributed by atoms with Crippen LogP contribution in [0.15, 0.2) is 42.6 Å². The molecule has 0 radical (unpaired) electrons. The maximum Gasteiger partial charge on any atom is 0.224 e. The summed E-state index contributed by atoms with van der Waals surface area (Å²) in [6, 6.07) is 11.2. The average molecular weight is 383 g/mol. The lowest BCUT2D eigenvalue weighted by Crippen LogP contribution is -2.31. The number of hydrogen-bond donors (Lipinski definition) is 2. The molecule has 148 valence electrons. The fourth-order valence-electron chi connectivity index (χ4n) is 3.08. The van der Waals surface area contributed by atoms with E-state index >= 15 is 0 Å². The molecule has 1 heterocycles. The summed E-state index contributed by atoms with van der Waals surface area (Å²) in [7, 11) is 3.19. The van der Waals surface area contributed by atoms with E-state index in [1.165, 1.54) is 0 Å². The van der Waals surface area contributed by atoms with E-state index in [9.17, 15) is 9.59 Å². The average Bonchev–Trinajstić information content (AvgIpc) is 3.53. The lowest BCUT2D eigenvalue weighted by Gasteiger charge is -2.10. The molecular formula is C21H25N3O4. The van der Waals surface area contributed by atoms with Crippen LogP contribution in [0, 0.1) is 11.8 Å². The molecule has 1 aromatic carbocycles. The number of methoxy groups -OCH3 is 2. The Kier molecular flexibility index (Phi) is 6.47. The van der Waals surface area contributed by atoms with Crippen molar-refractivity contribution in [2.45, 2.75) is 19.4 Å². The number of benzene rings is 1. The number of nitrogens with one attached hydrogen (secondary N) is 2. The molecule has 1 saturated carbocycles. The normalized spacial score (nSPS) is 17.5. The van der Waals surface area contributed by atoms with E-state index < -0.39 is 0 Å². The van der Waals surface area contributed by atoms with Crippen LogP contribution < -0.4 is 20.1 Å². The third-order valence-corrected chi connectivity index (χ3v) is 4.79. The molecule has 1 aromatic heterocycles. The van der Waals surface area contributed by atoms with Gasteiger partial charge in [0, 0.05) is 12.7 Å². The SMILES string of the molecule is COc1ccc(CCNC(=O)C2CC2C(=O)NCc2ccccn2)cc1OC. The van der Waals surface area contributed by atoms with E-state index in [4.69, 9.17) is 9.47 Å². The van der Waals surface area contributed by atoms with Gasteiger partial charge in [0.2, 0.25) is 11.8 Å². The number of nitrogens with zero attached hydrogens (tertiary/aromatic N) is 1. The third-order valence-electron chi connectivity index (χ3n) is 4.79. The van der Waals surface area contributed by atoms with Gasteiger partial charge in [0.1, 0.15) is 0 Å². The minimum Gasteiger partial charge on any atom is -0.493 e. The molecule has 0 aliphatic heterocycles. The summed E-state index contributed by atoms with van der Waals surface area (Å²) in [4.78, 5) is 28.6. The lowest BCUT2D eigenvalue weighted by atomic mass is 10.1. The molecule has 2 atom stereocenters. The molecule has 0 saturated heterocycles. The minimum absolute atomic E-state index is 0.0709. The van der Waals surface area contributed by atoms with Crippen LogP contribution in [0.4, 0.5) is 0 Å².